The summed E-state index contributed by atoms with van der Waals surface area (Å²) in [6, 6.07) is 13.4. The maximum absolute atomic E-state index is 14.9. The maximum atomic E-state index is 14.9. The predicted octanol–water partition coefficient (Wildman–Crippen LogP) is 5.40. The second-order valence-corrected chi connectivity index (χ2v) is 7.76. The highest BCUT2D eigenvalue weighted by atomic mass is 32.2. The van der Waals surface area contributed by atoms with E-state index in [0.717, 1.165) is 21.7 Å². The Labute approximate surface area is 172 Å². The Morgan fingerprint density at radius 3 is 2.79 bits per heavy atom. The number of hydrogen-bond acceptors (Lipinski definition) is 3. The number of nitrogens with one attached hydrogen (secondary N) is 2. The monoisotopic (exact) mass is 410 g/mol. The van der Waals surface area contributed by atoms with E-state index >= 15 is 0 Å². The summed E-state index contributed by atoms with van der Waals surface area (Å²) in [4.78, 5) is 9.61. The third-order valence-electron chi connectivity index (χ3n) is 4.82. The molecule has 1 aliphatic heterocycles. The summed E-state index contributed by atoms with van der Waals surface area (Å²) < 4.78 is 31.4. The van der Waals surface area contributed by atoms with E-state index in [2.05, 4.69) is 20.0 Å². The van der Waals surface area contributed by atoms with Crippen LogP contribution in [0.5, 0.6) is 0 Å². The van der Waals surface area contributed by atoms with E-state index in [1.165, 1.54) is 30.1 Å². The molecule has 2 heterocycles. The molecule has 2 N–H and O–H groups in total. The minimum absolute atomic E-state index is 0.165. The minimum Gasteiger partial charge on any atom is -0.324 e. The van der Waals surface area contributed by atoms with E-state index in [9.17, 15) is 8.78 Å². The molecule has 1 unspecified atom stereocenters. The molecule has 4 nitrogen and oxygen atoms in total. The van der Waals surface area contributed by atoms with Crippen LogP contribution in [0.1, 0.15) is 35.2 Å². The van der Waals surface area contributed by atoms with Crippen LogP contribution in [0, 0.1) is 18.6 Å². The average molecular weight is 410 g/mol. The van der Waals surface area contributed by atoms with Crippen molar-refractivity contribution >= 4 is 23.6 Å². The first-order chi connectivity index (χ1) is 14.0. The predicted molar refractivity (Wildman–Crippen MR) is 113 cm³/mol. The van der Waals surface area contributed by atoms with Crippen LogP contribution in [0.2, 0.25) is 0 Å². The molecule has 0 radical (unpaired) electrons. The molecule has 0 spiro atoms. The van der Waals surface area contributed by atoms with E-state index in [1.54, 1.807) is 18.3 Å². The summed E-state index contributed by atoms with van der Waals surface area (Å²) in [5, 5.41) is 3.23. The fourth-order valence-corrected chi connectivity index (χ4v) is 4.06. The van der Waals surface area contributed by atoms with Crippen LogP contribution < -0.4 is 10.0 Å². The van der Waals surface area contributed by atoms with Gasteiger partial charge in [0, 0.05) is 23.4 Å². The van der Waals surface area contributed by atoms with Gasteiger partial charge in [0.05, 0.1) is 17.1 Å². The summed E-state index contributed by atoms with van der Waals surface area (Å²) in [5.74, 6) is -0.220. The third-order valence-corrected chi connectivity index (χ3v) is 5.67. The molecular formula is C22H20F2N4S. The van der Waals surface area contributed by atoms with Gasteiger partial charge in [-0.05, 0) is 66.4 Å². The fraction of sp³-hybridized carbons (Fsp3) is 0.182. The van der Waals surface area contributed by atoms with Gasteiger partial charge in [-0.15, -0.1) is 0 Å². The number of fused-ring (bicyclic) bond motifs is 1. The molecule has 1 atom stereocenters. The Balaban J connectivity index is 1.65. The molecule has 0 saturated carbocycles. The van der Waals surface area contributed by atoms with Crippen LogP contribution in [0.15, 0.2) is 64.6 Å². The van der Waals surface area contributed by atoms with Gasteiger partial charge < -0.3 is 5.32 Å². The molecule has 0 fully saturated rings. The summed E-state index contributed by atoms with van der Waals surface area (Å²) >= 11 is 1.38. The van der Waals surface area contributed by atoms with Gasteiger partial charge in [0.15, 0.2) is 0 Å². The number of benzene rings is 2. The summed E-state index contributed by atoms with van der Waals surface area (Å²) in [6.07, 6.45) is 1.74. The first-order valence-corrected chi connectivity index (χ1v) is 10.1. The summed E-state index contributed by atoms with van der Waals surface area (Å²) in [6.45, 7) is 4.21. The topological polar surface area (TPSA) is 49.3 Å². The van der Waals surface area contributed by atoms with E-state index < -0.39 is 0 Å². The Bertz CT molecular complexity index is 1080. The number of nitrogens with zero attached hydrogens (tertiary/aromatic N) is 2. The summed E-state index contributed by atoms with van der Waals surface area (Å²) in [7, 11) is 0. The van der Waals surface area contributed by atoms with Crippen LogP contribution in [-0.4, -0.2) is 10.9 Å². The molecule has 1 aromatic heterocycles. The van der Waals surface area contributed by atoms with Crippen molar-refractivity contribution in [2.45, 2.75) is 31.2 Å². The highest BCUT2D eigenvalue weighted by Crippen LogP contribution is 2.39. The van der Waals surface area contributed by atoms with Gasteiger partial charge in [-0.25, -0.2) is 13.8 Å². The molecule has 4 rings (SSSR count). The second kappa shape index (κ2) is 8.21. The molecule has 7 heteroatoms. The number of aryl methyl sites for hydroxylation is 1. The van der Waals surface area contributed by atoms with Crippen molar-refractivity contribution in [1.29, 1.82) is 0 Å². The van der Waals surface area contributed by atoms with Crippen LogP contribution in [0.3, 0.4) is 0 Å². The summed E-state index contributed by atoms with van der Waals surface area (Å²) in [5.41, 5.74) is 3.93. The molecule has 148 valence electrons. The molecule has 0 aliphatic carbocycles. The van der Waals surface area contributed by atoms with Crippen molar-refractivity contribution in [1.82, 2.24) is 9.71 Å². The number of halogens is 2. The quantitative estimate of drug-likeness (QED) is 0.566. The minimum atomic E-state index is -0.294. The van der Waals surface area contributed by atoms with Gasteiger partial charge in [-0.2, -0.15) is 0 Å². The number of guanidine groups is 1. The van der Waals surface area contributed by atoms with Gasteiger partial charge in [0.1, 0.15) is 11.6 Å². The number of pyridine rings is 1. The van der Waals surface area contributed by atoms with Crippen LogP contribution in [0.4, 0.5) is 14.5 Å². The van der Waals surface area contributed by atoms with E-state index in [0.29, 0.717) is 23.8 Å². The van der Waals surface area contributed by atoms with Crippen molar-refractivity contribution in [3.05, 3.63) is 88.7 Å². The lowest BCUT2D eigenvalue weighted by atomic mass is 9.91. The molecule has 3 aromatic rings. The number of aromatic nitrogens is 1. The molecule has 0 bridgehead atoms. The second-order valence-electron chi connectivity index (χ2n) is 6.91. The van der Waals surface area contributed by atoms with Gasteiger partial charge in [-0.1, -0.05) is 19.1 Å². The number of hydrogen-bond donors (Lipinski definition) is 2. The van der Waals surface area contributed by atoms with Gasteiger partial charge >= 0.3 is 0 Å². The highest BCUT2D eigenvalue weighted by molar-refractivity contribution is 7.98. The Hall–Kier alpha value is -2.93. The van der Waals surface area contributed by atoms with E-state index in [1.807, 2.05) is 32.0 Å². The lowest BCUT2D eigenvalue weighted by molar-refractivity contribution is 0.602. The van der Waals surface area contributed by atoms with Gasteiger partial charge in [0.2, 0.25) is 5.96 Å². The molecule has 2 aromatic carbocycles. The van der Waals surface area contributed by atoms with E-state index in [4.69, 9.17) is 0 Å². The van der Waals surface area contributed by atoms with Crippen LogP contribution in [-0.2, 0) is 6.54 Å². The number of rotatable bonds is 4. The number of aliphatic imine (C=N–C) groups is 1. The Morgan fingerprint density at radius 2 is 2.00 bits per heavy atom. The first kappa shape index (κ1) is 19.4. The van der Waals surface area contributed by atoms with Crippen molar-refractivity contribution in [2.24, 2.45) is 4.99 Å². The van der Waals surface area contributed by atoms with Crippen molar-refractivity contribution in [3.63, 3.8) is 0 Å². The normalized spacial score (nSPS) is 15.4. The zero-order chi connectivity index (χ0) is 20.4. The van der Waals surface area contributed by atoms with Gasteiger partial charge in [0.25, 0.3) is 0 Å². The standard InChI is InChI=1S/C22H20F2N4S/c1-13-10-16(8-9-25-13)14(2)20-18(24)6-7-19-21(20)27-22(28-29-19)26-12-15-4-3-5-17(23)11-15/h3-11,14H,12H2,1-2H3,(H2,26,27,28). The van der Waals surface area contributed by atoms with Gasteiger partial charge in [-0.3, -0.25) is 9.71 Å². The maximum Gasteiger partial charge on any atom is 0.206 e. The van der Waals surface area contributed by atoms with Crippen LogP contribution in [0.25, 0.3) is 0 Å². The third kappa shape index (κ3) is 4.24. The van der Waals surface area contributed by atoms with Crippen LogP contribution >= 0.6 is 11.9 Å². The molecule has 29 heavy (non-hydrogen) atoms. The molecular weight excluding hydrogens is 390 g/mol. The molecule has 0 amide bonds. The lowest BCUT2D eigenvalue weighted by Crippen LogP contribution is -2.30. The SMILES string of the molecule is Cc1cc(C(C)c2c(F)ccc3c2NC(=NCc2cccc(F)c2)NS3)ccn1. The fourth-order valence-electron chi connectivity index (χ4n) is 3.34. The average Bonchev–Trinajstić information content (AvgIpc) is 2.71. The molecule has 1 aliphatic rings. The zero-order valence-electron chi connectivity index (χ0n) is 16.0. The smallest absolute Gasteiger partial charge is 0.206 e. The van der Waals surface area contributed by atoms with Crippen molar-refractivity contribution in [3.8, 4) is 0 Å². The lowest BCUT2D eigenvalue weighted by Gasteiger charge is -2.26. The van der Waals surface area contributed by atoms with Crippen molar-refractivity contribution in [2.75, 3.05) is 5.32 Å². The number of anilines is 1. The highest BCUT2D eigenvalue weighted by Gasteiger charge is 2.24. The first-order valence-electron chi connectivity index (χ1n) is 9.25. The largest absolute Gasteiger partial charge is 0.324 e. The Morgan fingerprint density at radius 1 is 1.14 bits per heavy atom. The van der Waals surface area contributed by atoms with E-state index in [-0.39, 0.29) is 17.6 Å². The Kier molecular flexibility index (Phi) is 5.49. The van der Waals surface area contributed by atoms with Crippen molar-refractivity contribution < 1.29 is 8.78 Å². The molecule has 0 saturated heterocycles. The zero-order valence-corrected chi connectivity index (χ0v) is 16.9.